The number of aryl methyl sites for hydroxylation is 2. The Bertz CT molecular complexity index is 658. The van der Waals surface area contributed by atoms with Crippen molar-refractivity contribution in [1.29, 1.82) is 0 Å². The molecule has 0 spiro atoms. The van der Waals surface area contributed by atoms with Gasteiger partial charge in [0, 0.05) is 32.6 Å². The maximum atomic E-state index is 12.2. The van der Waals surface area contributed by atoms with Crippen molar-refractivity contribution in [2.24, 2.45) is 5.10 Å². The van der Waals surface area contributed by atoms with Gasteiger partial charge < -0.3 is 15.2 Å². The van der Waals surface area contributed by atoms with Crippen molar-refractivity contribution < 1.29 is 19.4 Å². The highest BCUT2D eigenvalue weighted by atomic mass is 16.5. The van der Waals surface area contributed by atoms with Gasteiger partial charge in [-0.1, -0.05) is 12.1 Å². The third-order valence-corrected chi connectivity index (χ3v) is 3.87. The summed E-state index contributed by atoms with van der Waals surface area (Å²) in [6.45, 7) is 5.15. The molecule has 0 saturated heterocycles. The SMILES string of the molecule is Cc1ccc(C)c(N2N=C(C(=O)NCCOCCCO)CCC2=O)c1. The smallest absolute Gasteiger partial charge is 0.267 e. The van der Waals surface area contributed by atoms with E-state index < -0.39 is 0 Å². The second-order valence-electron chi connectivity index (χ2n) is 5.99. The number of nitrogens with one attached hydrogen (secondary N) is 1. The standard InChI is InChI=1S/C18H25N3O4/c1-13-4-5-14(2)16(12-13)21-17(23)7-6-15(20-21)18(24)19-8-11-25-10-3-9-22/h4-5,12,22H,3,6-11H2,1-2H3,(H,19,24). The summed E-state index contributed by atoms with van der Waals surface area (Å²) in [7, 11) is 0. The van der Waals surface area contributed by atoms with Crippen LogP contribution in [-0.4, -0.2) is 49.0 Å². The Balaban J connectivity index is 2.00. The van der Waals surface area contributed by atoms with Crippen molar-refractivity contribution >= 4 is 23.2 Å². The fourth-order valence-electron chi connectivity index (χ4n) is 2.46. The molecule has 0 radical (unpaired) electrons. The van der Waals surface area contributed by atoms with Crippen LogP contribution in [0.25, 0.3) is 0 Å². The molecular weight excluding hydrogens is 322 g/mol. The average Bonchev–Trinajstić information content (AvgIpc) is 2.60. The molecule has 1 aromatic rings. The number of rotatable bonds is 8. The van der Waals surface area contributed by atoms with Gasteiger partial charge in [0.1, 0.15) is 5.71 Å². The largest absolute Gasteiger partial charge is 0.396 e. The Kier molecular flexibility index (Phi) is 7.09. The number of hydrogen-bond donors (Lipinski definition) is 2. The van der Waals surface area contributed by atoms with E-state index in [1.165, 1.54) is 5.01 Å². The van der Waals surface area contributed by atoms with Crippen LogP contribution in [0.5, 0.6) is 0 Å². The Labute approximate surface area is 147 Å². The summed E-state index contributed by atoms with van der Waals surface area (Å²) in [6, 6.07) is 5.81. The van der Waals surface area contributed by atoms with Gasteiger partial charge in [0.2, 0.25) is 5.91 Å². The van der Waals surface area contributed by atoms with Gasteiger partial charge in [0.05, 0.1) is 12.3 Å². The summed E-state index contributed by atoms with van der Waals surface area (Å²) in [4.78, 5) is 24.5. The van der Waals surface area contributed by atoms with Crippen LogP contribution >= 0.6 is 0 Å². The molecule has 1 heterocycles. The lowest BCUT2D eigenvalue weighted by molar-refractivity contribution is -0.119. The van der Waals surface area contributed by atoms with E-state index in [1.807, 2.05) is 32.0 Å². The number of hydrogen-bond acceptors (Lipinski definition) is 5. The molecule has 25 heavy (non-hydrogen) atoms. The number of amides is 2. The van der Waals surface area contributed by atoms with E-state index in [9.17, 15) is 9.59 Å². The minimum absolute atomic E-state index is 0.0887. The van der Waals surface area contributed by atoms with Gasteiger partial charge in [-0.05, 0) is 37.5 Å². The molecule has 0 bridgehead atoms. The minimum Gasteiger partial charge on any atom is -0.396 e. The van der Waals surface area contributed by atoms with Crippen LogP contribution in [0, 0.1) is 13.8 Å². The van der Waals surface area contributed by atoms with Crippen LogP contribution in [0.15, 0.2) is 23.3 Å². The van der Waals surface area contributed by atoms with Crippen molar-refractivity contribution in [3.63, 3.8) is 0 Å². The molecule has 0 saturated carbocycles. The van der Waals surface area contributed by atoms with Gasteiger partial charge in [-0.15, -0.1) is 0 Å². The van der Waals surface area contributed by atoms with E-state index in [4.69, 9.17) is 9.84 Å². The van der Waals surface area contributed by atoms with Crippen molar-refractivity contribution in [3.05, 3.63) is 29.3 Å². The zero-order chi connectivity index (χ0) is 18.2. The first-order valence-electron chi connectivity index (χ1n) is 8.47. The maximum Gasteiger partial charge on any atom is 0.267 e. The molecule has 0 aliphatic carbocycles. The lowest BCUT2D eigenvalue weighted by Gasteiger charge is -2.24. The monoisotopic (exact) mass is 347 g/mol. The molecule has 7 heteroatoms. The van der Waals surface area contributed by atoms with E-state index in [1.54, 1.807) is 0 Å². The van der Waals surface area contributed by atoms with Crippen LogP contribution in [0.2, 0.25) is 0 Å². The zero-order valence-electron chi connectivity index (χ0n) is 14.7. The number of ether oxygens (including phenoxy) is 1. The van der Waals surface area contributed by atoms with Gasteiger partial charge in [0.15, 0.2) is 0 Å². The fraction of sp³-hybridized carbons (Fsp3) is 0.500. The van der Waals surface area contributed by atoms with E-state index in [2.05, 4.69) is 10.4 Å². The molecule has 2 N–H and O–H groups in total. The zero-order valence-corrected chi connectivity index (χ0v) is 14.7. The third kappa shape index (κ3) is 5.37. The number of benzene rings is 1. The second-order valence-corrected chi connectivity index (χ2v) is 5.99. The van der Waals surface area contributed by atoms with Crippen LogP contribution < -0.4 is 10.3 Å². The van der Waals surface area contributed by atoms with Crippen molar-refractivity contribution in [2.45, 2.75) is 33.1 Å². The number of anilines is 1. The number of nitrogens with zero attached hydrogens (tertiary/aromatic N) is 2. The fourth-order valence-corrected chi connectivity index (χ4v) is 2.46. The molecule has 0 aromatic heterocycles. The summed E-state index contributed by atoms with van der Waals surface area (Å²) >= 11 is 0. The topological polar surface area (TPSA) is 91.2 Å². The Morgan fingerprint density at radius 2 is 2.12 bits per heavy atom. The molecule has 1 aromatic carbocycles. The van der Waals surface area contributed by atoms with Crippen molar-refractivity contribution in [1.82, 2.24) is 5.32 Å². The first-order valence-corrected chi connectivity index (χ1v) is 8.47. The minimum atomic E-state index is -0.284. The highest BCUT2D eigenvalue weighted by Gasteiger charge is 2.26. The van der Waals surface area contributed by atoms with E-state index in [0.717, 1.165) is 11.1 Å². The van der Waals surface area contributed by atoms with Gasteiger partial charge in [-0.3, -0.25) is 9.59 Å². The van der Waals surface area contributed by atoms with Crippen LogP contribution in [0.3, 0.4) is 0 Å². The van der Waals surface area contributed by atoms with Crippen LogP contribution in [0.4, 0.5) is 5.69 Å². The quantitative estimate of drug-likeness (QED) is 0.694. The summed E-state index contributed by atoms with van der Waals surface area (Å²) in [5.41, 5.74) is 3.01. The third-order valence-electron chi connectivity index (χ3n) is 3.87. The number of aliphatic hydroxyl groups is 1. The number of aliphatic hydroxyl groups excluding tert-OH is 1. The van der Waals surface area contributed by atoms with E-state index >= 15 is 0 Å². The maximum absolute atomic E-state index is 12.2. The highest BCUT2D eigenvalue weighted by molar-refractivity contribution is 6.40. The summed E-state index contributed by atoms with van der Waals surface area (Å²) in [6.07, 6.45) is 1.16. The first kappa shape index (κ1) is 19.1. The van der Waals surface area contributed by atoms with Gasteiger partial charge in [0.25, 0.3) is 5.91 Å². The average molecular weight is 347 g/mol. The van der Waals surface area contributed by atoms with Gasteiger partial charge in [-0.2, -0.15) is 5.10 Å². The summed E-state index contributed by atoms with van der Waals surface area (Å²) in [5.74, 6) is -0.397. The van der Waals surface area contributed by atoms with Crippen LogP contribution in [-0.2, 0) is 14.3 Å². The molecule has 7 nitrogen and oxygen atoms in total. The first-order chi connectivity index (χ1) is 12.0. The second kappa shape index (κ2) is 9.29. The number of carbonyl (C=O) groups excluding carboxylic acids is 2. The molecule has 0 fully saturated rings. The Morgan fingerprint density at radius 3 is 2.88 bits per heavy atom. The van der Waals surface area contributed by atoms with E-state index in [-0.39, 0.29) is 24.8 Å². The molecule has 2 rings (SSSR count). The highest BCUT2D eigenvalue weighted by Crippen LogP contribution is 2.25. The van der Waals surface area contributed by atoms with Crippen LogP contribution in [0.1, 0.15) is 30.4 Å². The van der Waals surface area contributed by atoms with Crippen molar-refractivity contribution in [3.8, 4) is 0 Å². The summed E-state index contributed by atoms with van der Waals surface area (Å²) in [5, 5.41) is 17.0. The van der Waals surface area contributed by atoms with Gasteiger partial charge in [-0.25, -0.2) is 5.01 Å². The lowest BCUT2D eigenvalue weighted by Crippen LogP contribution is -2.40. The lowest BCUT2D eigenvalue weighted by atomic mass is 10.1. The normalized spacial score (nSPS) is 14.4. The number of hydrazone groups is 1. The molecule has 1 aliphatic rings. The molecule has 1 aliphatic heterocycles. The molecule has 0 unspecified atom stereocenters. The molecule has 136 valence electrons. The number of carbonyl (C=O) groups is 2. The van der Waals surface area contributed by atoms with Gasteiger partial charge >= 0.3 is 0 Å². The molecule has 0 atom stereocenters. The predicted octanol–water partition coefficient (Wildman–Crippen LogP) is 1.30. The predicted molar refractivity (Wildman–Crippen MR) is 95.6 cm³/mol. The molecule has 2 amide bonds. The molecular formula is C18H25N3O4. The van der Waals surface area contributed by atoms with Crippen molar-refractivity contribution in [2.75, 3.05) is 31.4 Å². The Hall–Kier alpha value is -2.25. The summed E-state index contributed by atoms with van der Waals surface area (Å²) < 4.78 is 5.27. The van der Waals surface area contributed by atoms with E-state index in [0.29, 0.717) is 44.0 Å². The Morgan fingerprint density at radius 1 is 1.32 bits per heavy atom.